The second kappa shape index (κ2) is 21.9. The number of methoxy groups -OCH3 is 3. The molecule has 0 aromatic heterocycles. The van der Waals surface area contributed by atoms with Gasteiger partial charge in [0.1, 0.15) is 17.6 Å². The van der Waals surface area contributed by atoms with Crippen LogP contribution in [-0.4, -0.2) is 72.8 Å². The van der Waals surface area contributed by atoms with Crippen LogP contribution in [0.2, 0.25) is 0 Å². The van der Waals surface area contributed by atoms with E-state index in [1.165, 1.54) is 37.5 Å². The van der Waals surface area contributed by atoms with Crippen molar-refractivity contribution in [3.8, 4) is 5.75 Å². The summed E-state index contributed by atoms with van der Waals surface area (Å²) in [5, 5.41) is 23.5. The van der Waals surface area contributed by atoms with Crippen molar-refractivity contribution in [3.05, 3.63) is 42.0 Å². The maximum Gasteiger partial charge on any atom is 0.339 e. The molecule has 1 rings (SSSR count). The lowest BCUT2D eigenvalue weighted by Gasteiger charge is -2.31. The second-order valence-electron chi connectivity index (χ2n) is 11.2. The Kier molecular flexibility index (Phi) is 19.1. The molecule has 3 N–H and O–H groups in total. The van der Waals surface area contributed by atoms with E-state index in [4.69, 9.17) is 9.47 Å². The molecule has 1 aromatic carbocycles. The zero-order valence-corrected chi connectivity index (χ0v) is 27.2. The molecule has 0 aliphatic heterocycles. The van der Waals surface area contributed by atoms with E-state index in [-0.39, 0.29) is 12.2 Å². The van der Waals surface area contributed by atoms with Crippen molar-refractivity contribution in [2.45, 2.75) is 108 Å². The molecule has 0 fully saturated rings. The number of amides is 1. The van der Waals surface area contributed by atoms with Crippen LogP contribution in [0, 0.1) is 5.92 Å². The molecule has 0 aliphatic rings. The Morgan fingerprint density at radius 3 is 2.00 bits per heavy atom. The lowest BCUT2D eigenvalue weighted by atomic mass is 9.82. The highest BCUT2D eigenvalue weighted by atomic mass is 16.5. The number of ketones is 1. The standard InChI is InChI=1S/C34H51NO10/c1-5-6-7-10-13-16-26(36)17-14-11-8-9-12-15-18-28(34(42,33(41)45-4)24-30(38)43-2)31(39)35-29(32(40)44-3)23-25-19-21-27(37)22-20-25/h15,18-22,28-29,37,42H,5-14,16-17,23-24H2,1-4H3,(H,35,39)/b18-15+/t28-,29+,34+/m1/s1. The van der Waals surface area contributed by atoms with E-state index in [1.54, 1.807) is 18.2 Å². The first-order chi connectivity index (χ1) is 21.5. The van der Waals surface area contributed by atoms with E-state index in [0.717, 1.165) is 59.9 Å². The van der Waals surface area contributed by atoms with Gasteiger partial charge in [0.15, 0.2) is 5.60 Å². The Balaban J connectivity index is 2.94. The van der Waals surface area contributed by atoms with Crippen LogP contribution in [0.5, 0.6) is 5.75 Å². The Morgan fingerprint density at radius 1 is 0.844 bits per heavy atom. The van der Waals surface area contributed by atoms with Crippen molar-refractivity contribution in [3.63, 3.8) is 0 Å². The van der Waals surface area contributed by atoms with Gasteiger partial charge in [0.2, 0.25) is 5.91 Å². The van der Waals surface area contributed by atoms with E-state index in [9.17, 15) is 34.2 Å². The molecule has 0 aliphatic carbocycles. The SMILES string of the molecule is CCCCCCCC(=O)CCCCCC/C=C/[C@H](C(=O)N[C@@H](Cc1ccc(O)cc1)C(=O)OC)[C@@](O)(CC(=O)OC)C(=O)OC. The number of hydrogen-bond acceptors (Lipinski definition) is 10. The maximum atomic E-state index is 13.6. The van der Waals surface area contributed by atoms with Gasteiger partial charge in [-0.2, -0.15) is 0 Å². The summed E-state index contributed by atoms with van der Waals surface area (Å²) in [6.07, 6.45) is 12.6. The van der Waals surface area contributed by atoms with Crippen molar-refractivity contribution in [1.29, 1.82) is 0 Å². The maximum absolute atomic E-state index is 13.6. The summed E-state index contributed by atoms with van der Waals surface area (Å²) in [7, 11) is 3.25. The highest BCUT2D eigenvalue weighted by molar-refractivity contribution is 5.95. The number of rotatable bonds is 23. The van der Waals surface area contributed by atoms with Crippen molar-refractivity contribution in [2.24, 2.45) is 5.92 Å². The predicted molar refractivity (Wildman–Crippen MR) is 168 cm³/mol. The molecule has 1 amide bonds. The van der Waals surface area contributed by atoms with Crippen LogP contribution in [0.4, 0.5) is 0 Å². The number of benzene rings is 1. The summed E-state index contributed by atoms with van der Waals surface area (Å²) >= 11 is 0. The first-order valence-electron chi connectivity index (χ1n) is 15.7. The van der Waals surface area contributed by atoms with Gasteiger partial charge in [-0.25, -0.2) is 9.59 Å². The highest BCUT2D eigenvalue weighted by Crippen LogP contribution is 2.27. The topological polar surface area (TPSA) is 166 Å². The van der Waals surface area contributed by atoms with Gasteiger partial charge in [-0.1, -0.05) is 69.7 Å². The van der Waals surface area contributed by atoms with Gasteiger partial charge in [-0.15, -0.1) is 0 Å². The third-order valence-electron chi connectivity index (χ3n) is 7.62. The van der Waals surface area contributed by atoms with Gasteiger partial charge >= 0.3 is 17.9 Å². The molecule has 1 aromatic rings. The molecular weight excluding hydrogens is 582 g/mol. The van der Waals surface area contributed by atoms with Gasteiger partial charge in [0, 0.05) is 19.3 Å². The van der Waals surface area contributed by atoms with Gasteiger partial charge < -0.3 is 29.7 Å². The lowest BCUT2D eigenvalue weighted by molar-refractivity contribution is -0.176. The van der Waals surface area contributed by atoms with Gasteiger partial charge in [-0.05, 0) is 43.4 Å². The first-order valence-corrected chi connectivity index (χ1v) is 15.7. The normalized spacial score (nSPS) is 13.8. The lowest BCUT2D eigenvalue weighted by Crippen LogP contribution is -2.56. The van der Waals surface area contributed by atoms with Crippen LogP contribution in [0.1, 0.15) is 96.0 Å². The smallest absolute Gasteiger partial charge is 0.339 e. The largest absolute Gasteiger partial charge is 0.508 e. The quantitative estimate of drug-likeness (QED) is 0.0676. The van der Waals surface area contributed by atoms with Crippen LogP contribution < -0.4 is 5.32 Å². The number of hydrogen-bond donors (Lipinski definition) is 3. The number of Topliss-reactive ketones (excluding diaryl/α,β-unsaturated/α-hetero) is 1. The van der Waals surface area contributed by atoms with Crippen molar-refractivity contribution >= 4 is 29.6 Å². The third kappa shape index (κ3) is 14.7. The predicted octanol–water partition coefficient (Wildman–Crippen LogP) is 4.50. The zero-order valence-electron chi connectivity index (χ0n) is 27.2. The zero-order chi connectivity index (χ0) is 33.7. The molecular formula is C34H51NO10. The molecule has 11 heteroatoms. The van der Waals surface area contributed by atoms with Crippen LogP contribution in [0.15, 0.2) is 36.4 Å². The number of nitrogens with one attached hydrogen (secondary N) is 1. The third-order valence-corrected chi connectivity index (χ3v) is 7.62. The number of aromatic hydroxyl groups is 1. The summed E-state index contributed by atoms with van der Waals surface area (Å²) in [4.78, 5) is 63.2. The molecule has 0 unspecified atom stereocenters. The first kappa shape index (κ1) is 39.3. The van der Waals surface area contributed by atoms with E-state index in [1.807, 2.05) is 0 Å². The fourth-order valence-corrected chi connectivity index (χ4v) is 4.93. The minimum atomic E-state index is -2.63. The van der Waals surface area contributed by atoms with Gasteiger partial charge in [-0.3, -0.25) is 14.4 Å². The molecule has 0 heterocycles. The van der Waals surface area contributed by atoms with E-state index in [2.05, 4.69) is 17.0 Å². The highest BCUT2D eigenvalue weighted by Gasteiger charge is 2.50. The van der Waals surface area contributed by atoms with Gasteiger partial charge in [0.25, 0.3) is 0 Å². The minimum Gasteiger partial charge on any atom is -0.508 e. The Bertz CT molecular complexity index is 1100. The Labute approximate surface area is 266 Å². The molecule has 0 bridgehead atoms. The average molecular weight is 634 g/mol. The molecule has 45 heavy (non-hydrogen) atoms. The summed E-state index contributed by atoms with van der Waals surface area (Å²) in [5.41, 5.74) is -2.03. The number of phenolic OH excluding ortho intramolecular Hbond substituents is 1. The van der Waals surface area contributed by atoms with E-state index >= 15 is 0 Å². The van der Waals surface area contributed by atoms with Crippen molar-refractivity contribution in [2.75, 3.05) is 21.3 Å². The monoisotopic (exact) mass is 633 g/mol. The Hall–Kier alpha value is -3.73. The Morgan fingerprint density at radius 2 is 1.44 bits per heavy atom. The van der Waals surface area contributed by atoms with Crippen LogP contribution in [-0.2, 0) is 44.6 Å². The van der Waals surface area contributed by atoms with Gasteiger partial charge in [0.05, 0.1) is 33.7 Å². The second-order valence-corrected chi connectivity index (χ2v) is 11.2. The summed E-state index contributed by atoms with van der Waals surface area (Å²) in [6.45, 7) is 2.16. The number of unbranched alkanes of at least 4 members (excludes halogenated alkanes) is 8. The van der Waals surface area contributed by atoms with E-state index in [0.29, 0.717) is 30.6 Å². The van der Waals surface area contributed by atoms with Crippen LogP contribution >= 0.6 is 0 Å². The van der Waals surface area contributed by atoms with Crippen LogP contribution in [0.25, 0.3) is 0 Å². The molecule has 0 saturated heterocycles. The summed E-state index contributed by atoms with van der Waals surface area (Å²) < 4.78 is 14.2. The van der Waals surface area contributed by atoms with Crippen LogP contribution in [0.3, 0.4) is 0 Å². The summed E-state index contributed by atoms with van der Waals surface area (Å²) in [6, 6.07) is 4.79. The summed E-state index contributed by atoms with van der Waals surface area (Å²) in [5.74, 6) is -5.15. The minimum absolute atomic E-state index is 0.00978. The molecule has 0 spiro atoms. The fourth-order valence-electron chi connectivity index (χ4n) is 4.93. The molecule has 0 radical (unpaired) electrons. The number of allylic oxidation sites excluding steroid dienone is 1. The molecule has 3 atom stereocenters. The van der Waals surface area contributed by atoms with Crippen molar-refractivity contribution < 1.29 is 48.4 Å². The number of aliphatic hydroxyl groups is 1. The molecule has 11 nitrogen and oxygen atoms in total. The number of ether oxygens (including phenoxy) is 3. The molecule has 0 saturated carbocycles. The number of carbonyl (C=O) groups excluding carboxylic acids is 5. The number of carbonyl (C=O) groups is 5. The average Bonchev–Trinajstić information content (AvgIpc) is 3.03. The fraction of sp³-hybridized carbons (Fsp3) is 0.618. The van der Waals surface area contributed by atoms with Crippen molar-refractivity contribution in [1.82, 2.24) is 5.32 Å². The number of esters is 3. The molecule has 252 valence electrons. The van der Waals surface area contributed by atoms with E-state index < -0.39 is 47.8 Å². The number of phenols is 1.